The van der Waals surface area contributed by atoms with Gasteiger partial charge in [-0.25, -0.2) is 0 Å². The first-order chi connectivity index (χ1) is 9.02. The van der Waals surface area contributed by atoms with Crippen LogP contribution in [0, 0.1) is 25.2 Å². The number of hydrogen-bond acceptors (Lipinski definition) is 4. The van der Waals surface area contributed by atoms with Crippen LogP contribution < -0.4 is 5.32 Å². The molecule has 0 amide bonds. The maximum atomic E-state index is 9.21. The molecule has 6 heteroatoms. The van der Waals surface area contributed by atoms with Gasteiger partial charge in [-0.2, -0.15) is 10.4 Å². The number of aromatic nitrogens is 2. The molecule has 0 saturated carbocycles. The summed E-state index contributed by atoms with van der Waals surface area (Å²) in [4.78, 5) is 0. The summed E-state index contributed by atoms with van der Waals surface area (Å²) in [6.45, 7) is 3.67. The van der Waals surface area contributed by atoms with Gasteiger partial charge in [0.15, 0.2) is 5.82 Å². The van der Waals surface area contributed by atoms with Crippen LogP contribution in [0.3, 0.4) is 0 Å². The van der Waals surface area contributed by atoms with Gasteiger partial charge < -0.3 is 5.32 Å². The Hall–Kier alpha value is -1.64. The van der Waals surface area contributed by atoms with E-state index in [1.165, 1.54) is 0 Å². The fourth-order valence-electron chi connectivity index (χ4n) is 1.54. The lowest BCUT2D eigenvalue weighted by molar-refractivity contribution is 0.960. The molecule has 0 unspecified atom stereocenters. The molecule has 2 rings (SSSR count). The van der Waals surface area contributed by atoms with E-state index in [1.807, 2.05) is 26.0 Å². The molecule has 2 aromatic rings. The second-order valence-corrected chi connectivity index (χ2v) is 5.26. The molecule has 0 atom stereocenters. The third-order valence-electron chi connectivity index (χ3n) is 2.75. The molecular formula is C13H10BrClN4. The van der Waals surface area contributed by atoms with E-state index >= 15 is 0 Å². The van der Waals surface area contributed by atoms with Crippen molar-refractivity contribution in [3.63, 3.8) is 0 Å². The largest absolute Gasteiger partial charge is 0.338 e. The van der Waals surface area contributed by atoms with Crippen molar-refractivity contribution in [3.05, 3.63) is 44.5 Å². The summed E-state index contributed by atoms with van der Waals surface area (Å²) in [5.74, 6) is 0.434. The van der Waals surface area contributed by atoms with Crippen LogP contribution in [0.5, 0.6) is 0 Å². The van der Waals surface area contributed by atoms with Crippen molar-refractivity contribution in [2.45, 2.75) is 13.8 Å². The molecule has 0 aliphatic carbocycles. The van der Waals surface area contributed by atoms with Crippen molar-refractivity contribution >= 4 is 39.0 Å². The summed E-state index contributed by atoms with van der Waals surface area (Å²) in [6.07, 6.45) is 0. The Bertz CT molecular complexity index is 679. The first-order valence-electron chi connectivity index (χ1n) is 5.49. The van der Waals surface area contributed by atoms with Gasteiger partial charge in [-0.15, -0.1) is 5.10 Å². The van der Waals surface area contributed by atoms with Gasteiger partial charge in [-0.1, -0.05) is 11.6 Å². The standard InChI is InChI=1S/C13H10BrClN4/c1-7-8(2)18-19-13(10(7)6-16)17-9-3-4-11(14)12(15)5-9/h3-5H,1-2H3,(H,17,19). The molecule has 0 spiro atoms. The number of nitriles is 1. The highest BCUT2D eigenvalue weighted by atomic mass is 79.9. The molecule has 1 N–H and O–H groups in total. The van der Waals surface area contributed by atoms with Crippen molar-refractivity contribution < 1.29 is 0 Å². The second kappa shape index (κ2) is 5.55. The smallest absolute Gasteiger partial charge is 0.171 e. The monoisotopic (exact) mass is 336 g/mol. The van der Waals surface area contributed by atoms with Crippen molar-refractivity contribution in [2.24, 2.45) is 0 Å². The van der Waals surface area contributed by atoms with E-state index in [-0.39, 0.29) is 0 Å². The highest BCUT2D eigenvalue weighted by Crippen LogP contribution is 2.28. The predicted octanol–water partition coefficient (Wildman–Crippen LogP) is 4.12. The number of rotatable bonds is 2. The van der Waals surface area contributed by atoms with E-state index in [0.717, 1.165) is 21.4 Å². The van der Waals surface area contributed by atoms with Gasteiger partial charge in [-0.3, -0.25) is 0 Å². The number of nitrogens with zero attached hydrogens (tertiary/aromatic N) is 3. The van der Waals surface area contributed by atoms with E-state index in [2.05, 4.69) is 37.5 Å². The molecule has 96 valence electrons. The average molecular weight is 338 g/mol. The van der Waals surface area contributed by atoms with Crippen LogP contribution in [0.2, 0.25) is 5.02 Å². The number of aryl methyl sites for hydroxylation is 1. The number of nitrogens with one attached hydrogen (secondary N) is 1. The minimum Gasteiger partial charge on any atom is -0.338 e. The molecule has 0 saturated heterocycles. The van der Waals surface area contributed by atoms with Crippen molar-refractivity contribution in [1.82, 2.24) is 10.2 Å². The third kappa shape index (κ3) is 2.86. The Morgan fingerprint density at radius 3 is 2.68 bits per heavy atom. The Morgan fingerprint density at radius 1 is 1.32 bits per heavy atom. The minimum absolute atomic E-state index is 0.434. The fourth-order valence-corrected chi connectivity index (χ4v) is 1.97. The van der Waals surface area contributed by atoms with Gasteiger partial charge in [0.1, 0.15) is 11.6 Å². The van der Waals surface area contributed by atoms with E-state index < -0.39 is 0 Å². The highest BCUT2D eigenvalue weighted by molar-refractivity contribution is 9.10. The summed E-state index contributed by atoms with van der Waals surface area (Å²) < 4.78 is 0.811. The van der Waals surface area contributed by atoms with E-state index in [4.69, 9.17) is 11.6 Å². The molecule has 4 nitrogen and oxygen atoms in total. The topological polar surface area (TPSA) is 61.6 Å². The lowest BCUT2D eigenvalue weighted by Gasteiger charge is -2.10. The Morgan fingerprint density at radius 2 is 2.05 bits per heavy atom. The minimum atomic E-state index is 0.434. The number of hydrogen-bond donors (Lipinski definition) is 1. The maximum absolute atomic E-state index is 9.21. The second-order valence-electron chi connectivity index (χ2n) is 4.00. The lowest BCUT2D eigenvalue weighted by Crippen LogP contribution is -2.03. The van der Waals surface area contributed by atoms with Gasteiger partial charge in [0.05, 0.1) is 10.7 Å². The average Bonchev–Trinajstić information content (AvgIpc) is 2.39. The Balaban J connectivity index is 2.41. The van der Waals surface area contributed by atoms with Gasteiger partial charge >= 0.3 is 0 Å². The molecule has 1 heterocycles. The van der Waals surface area contributed by atoms with Crippen LogP contribution in [-0.2, 0) is 0 Å². The highest BCUT2D eigenvalue weighted by Gasteiger charge is 2.11. The third-order valence-corrected chi connectivity index (χ3v) is 3.98. The summed E-state index contributed by atoms with van der Waals surface area (Å²) in [5.41, 5.74) is 2.81. The fraction of sp³-hybridized carbons (Fsp3) is 0.154. The molecule has 0 aliphatic rings. The molecule has 19 heavy (non-hydrogen) atoms. The van der Waals surface area contributed by atoms with Crippen molar-refractivity contribution in [1.29, 1.82) is 5.26 Å². The molecule has 1 aromatic heterocycles. The van der Waals surface area contributed by atoms with Gasteiger partial charge in [0, 0.05) is 10.2 Å². The number of benzene rings is 1. The van der Waals surface area contributed by atoms with Crippen molar-refractivity contribution in [3.8, 4) is 6.07 Å². The van der Waals surface area contributed by atoms with Crippen molar-refractivity contribution in [2.75, 3.05) is 5.32 Å². The van der Waals surface area contributed by atoms with Crippen LogP contribution in [0.15, 0.2) is 22.7 Å². The quantitative estimate of drug-likeness (QED) is 0.895. The first-order valence-corrected chi connectivity index (χ1v) is 6.66. The van der Waals surface area contributed by atoms with Crippen LogP contribution in [0.25, 0.3) is 0 Å². The summed E-state index contributed by atoms with van der Waals surface area (Å²) >= 11 is 9.35. The van der Waals surface area contributed by atoms with Crippen LogP contribution in [0.1, 0.15) is 16.8 Å². The predicted molar refractivity (Wildman–Crippen MR) is 78.7 cm³/mol. The Kier molecular flexibility index (Phi) is 4.03. The van der Waals surface area contributed by atoms with Crippen LogP contribution in [-0.4, -0.2) is 10.2 Å². The zero-order valence-electron chi connectivity index (χ0n) is 10.3. The van der Waals surface area contributed by atoms with Gasteiger partial charge in [0.25, 0.3) is 0 Å². The normalized spacial score (nSPS) is 10.1. The summed E-state index contributed by atoms with van der Waals surface area (Å²) in [7, 11) is 0. The summed E-state index contributed by atoms with van der Waals surface area (Å²) in [6, 6.07) is 7.56. The van der Waals surface area contributed by atoms with E-state index in [0.29, 0.717) is 16.4 Å². The molecule has 0 radical (unpaired) electrons. The van der Waals surface area contributed by atoms with Gasteiger partial charge in [-0.05, 0) is 53.5 Å². The van der Waals surface area contributed by atoms with E-state index in [9.17, 15) is 5.26 Å². The molecule has 0 aliphatic heterocycles. The van der Waals surface area contributed by atoms with E-state index in [1.54, 1.807) is 6.07 Å². The SMILES string of the molecule is Cc1nnc(Nc2ccc(Br)c(Cl)c2)c(C#N)c1C. The number of anilines is 2. The molecule has 1 aromatic carbocycles. The summed E-state index contributed by atoms with van der Waals surface area (Å²) in [5, 5.41) is 20.9. The lowest BCUT2D eigenvalue weighted by atomic mass is 10.1. The zero-order chi connectivity index (χ0) is 14.0. The molecular weight excluding hydrogens is 328 g/mol. The molecule has 0 fully saturated rings. The Labute approximate surface area is 124 Å². The molecule has 0 bridgehead atoms. The first kappa shape index (κ1) is 13.8. The number of halogens is 2. The van der Waals surface area contributed by atoms with Crippen LogP contribution >= 0.6 is 27.5 Å². The van der Waals surface area contributed by atoms with Gasteiger partial charge in [0.2, 0.25) is 0 Å². The van der Waals surface area contributed by atoms with Crippen LogP contribution in [0.4, 0.5) is 11.5 Å². The maximum Gasteiger partial charge on any atom is 0.171 e. The zero-order valence-corrected chi connectivity index (χ0v) is 12.7.